The summed E-state index contributed by atoms with van der Waals surface area (Å²) >= 11 is 0. The van der Waals surface area contributed by atoms with Crippen LogP contribution in [0.3, 0.4) is 0 Å². The van der Waals surface area contributed by atoms with Gasteiger partial charge in [-0.25, -0.2) is 0 Å². The van der Waals surface area contributed by atoms with E-state index < -0.39 is 10.8 Å². The average molecular weight is 191 g/mol. The zero-order valence-electron chi connectivity index (χ0n) is 7.25. The van der Waals surface area contributed by atoms with Gasteiger partial charge in [-0.3, -0.25) is 13.8 Å². The third kappa shape index (κ3) is 7.40. The zero-order chi connectivity index (χ0) is 9.56. The van der Waals surface area contributed by atoms with Crippen LogP contribution in [0.15, 0.2) is 0 Å². The molecule has 5 heteroatoms. The van der Waals surface area contributed by atoms with Crippen LogP contribution >= 0.6 is 0 Å². The van der Waals surface area contributed by atoms with Gasteiger partial charge in [0.25, 0.3) is 0 Å². The van der Waals surface area contributed by atoms with Crippen molar-refractivity contribution in [2.45, 2.75) is 13.3 Å². The Bertz CT molecular complexity index is 203. The Balaban J connectivity index is 3.44. The highest BCUT2D eigenvalue weighted by Crippen LogP contribution is 1.81. The van der Waals surface area contributed by atoms with E-state index in [2.05, 4.69) is 5.32 Å². The first-order chi connectivity index (χ1) is 5.52. The number of hydrogen-bond donors (Lipinski definition) is 1. The van der Waals surface area contributed by atoms with E-state index >= 15 is 0 Å². The van der Waals surface area contributed by atoms with Crippen LogP contribution < -0.4 is 5.32 Å². The lowest BCUT2D eigenvalue weighted by atomic mass is 10.3. The Morgan fingerprint density at radius 2 is 2.00 bits per heavy atom. The molecular formula is C7H13NO3S. The molecule has 0 saturated carbocycles. The van der Waals surface area contributed by atoms with E-state index in [0.29, 0.717) is 12.3 Å². The average Bonchev–Trinajstić information content (AvgIpc) is 1.84. The van der Waals surface area contributed by atoms with E-state index in [4.69, 9.17) is 0 Å². The molecule has 1 atom stereocenters. The lowest BCUT2D eigenvalue weighted by Crippen LogP contribution is -2.28. The molecule has 0 aromatic carbocycles. The molecule has 0 heterocycles. The smallest absolute Gasteiger partial charge is 0.227 e. The molecule has 0 aromatic heterocycles. The van der Waals surface area contributed by atoms with Crippen LogP contribution in [0.2, 0.25) is 0 Å². The first-order valence-corrected chi connectivity index (χ1v) is 5.31. The highest BCUT2D eigenvalue weighted by Gasteiger charge is 2.03. The Kier molecular flexibility index (Phi) is 5.53. The number of carbonyl (C=O) groups is 2. The van der Waals surface area contributed by atoms with Crippen molar-refractivity contribution in [1.82, 2.24) is 5.32 Å². The maximum atomic E-state index is 10.8. The van der Waals surface area contributed by atoms with Gasteiger partial charge in [-0.1, -0.05) is 0 Å². The first kappa shape index (κ1) is 11.3. The summed E-state index contributed by atoms with van der Waals surface area (Å²) in [6.45, 7) is 1.73. The molecule has 0 aliphatic rings. The fraction of sp³-hybridized carbons (Fsp3) is 0.714. The minimum Gasteiger partial charge on any atom is -0.355 e. The summed E-state index contributed by atoms with van der Waals surface area (Å²) in [5.41, 5.74) is 0. The van der Waals surface area contributed by atoms with E-state index in [0.717, 1.165) is 0 Å². The maximum Gasteiger partial charge on any atom is 0.227 e. The molecule has 0 aliphatic heterocycles. The van der Waals surface area contributed by atoms with Gasteiger partial charge in [0, 0.05) is 29.4 Å². The predicted octanol–water partition coefficient (Wildman–Crippen LogP) is -0.540. The topological polar surface area (TPSA) is 63.2 Å². The third-order valence-corrected chi connectivity index (χ3v) is 1.90. The molecule has 1 amide bonds. The molecule has 0 fully saturated rings. The molecule has 0 aromatic rings. The van der Waals surface area contributed by atoms with Gasteiger partial charge in [-0.15, -0.1) is 0 Å². The van der Waals surface area contributed by atoms with Gasteiger partial charge in [-0.05, 0) is 6.92 Å². The van der Waals surface area contributed by atoms with Gasteiger partial charge in [0.15, 0.2) is 0 Å². The van der Waals surface area contributed by atoms with Crippen LogP contribution in [-0.4, -0.2) is 34.5 Å². The molecule has 0 radical (unpaired) electrons. The van der Waals surface area contributed by atoms with E-state index in [1.807, 2.05) is 0 Å². The molecule has 4 nitrogen and oxygen atoms in total. The fourth-order valence-corrected chi connectivity index (χ4v) is 1.01. The summed E-state index contributed by atoms with van der Waals surface area (Å²) in [4.78, 5) is 21.2. The van der Waals surface area contributed by atoms with Crippen molar-refractivity contribution in [2.75, 3.05) is 18.6 Å². The lowest BCUT2D eigenvalue weighted by Gasteiger charge is -2.00. The van der Waals surface area contributed by atoms with Crippen molar-refractivity contribution < 1.29 is 13.8 Å². The minimum absolute atomic E-state index is 0.0870. The van der Waals surface area contributed by atoms with Crippen LogP contribution in [0.1, 0.15) is 13.3 Å². The van der Waals surface area contributed by atoms with Gasteiger partial charge in [-0.2, -0.15) is 0 Å². The molecule has 0 rings (SSSR count). The second kappa shape index (κ2) is 5.88. The van der Waals surface area contributed by atoms with Crippen LogP contribution in [0.25, 0.3) is 0 Å². The van der Waals surface area contributed by atoms with Crippen molar-refractivity contribution in [3.05, 3.63) is 0 Å². The number of hydrogen-bond acceptors (Lipinski definition) is 3. The van der Waals surface area contributed by atoms with Gasteiger partial charge in [0.2, 0.25) is 5.91 Å². The number of ketones is 1. The predicted molar refractivity (Wildman–Crippen MR) is 47.2 cm³/mol. The fourth-order valence-electron chi connectivity index (χ4n) is 0.623. The highest BCUT2D eigenvalue weighted by molar-refractivity contribution is 7.84. The molecule has 12 heavy (non-hydrogen) atoms. The quantitative estimate of drug-likeness (QED) is 0.594. The summed E-state index contributed by atoms with van der Waals surface area (Å²) in [6.07, 6.45) is 1.48. The summed E-state index contributed by atoms with van der Waals surface area (Å²) in [5.74, 6) is -0.0259. The molecular weight excluding hydrogens is 178 g/mol. The first-order valence-electron chi connectivity index (χ1n) is 3.58. The molecule has 0 bridgehead atoms. The summed E-state index contributed by atoms with van der Waals surface area (Å²) in [7, 11) is -0.894. The largest absolute Gasteiger partial charge is 0.355 e. The van der Waals surface area contributed by atoms with Gasteiger partial charge < -0.3 is 5.32 Å². The molecule has 0 saturated heterocycles. The van der Waals surface area contributed by atoms with Crippen molar-refractivity contribution in [3.8, 4) is 0 Å². The molecule has 0 spiro atoms. The van der Waals surface area contributed by atoms with E-state index in [-0.39, 0.29) is 18.1 Å². The second-order valence-electron chi connectivity index (χ2n) is 2.51. The lowest BCUT2D eigenvalue weighted by molar-refractivity contribution is -0.127. The summed E-state index contributed by atoms with van der Waals surface area (Å²) in [6, 6.07) is 0. The maximum absolute atomic E-state index is 10.8. The van der Waals surface area contributed by atoms with Crippen LogP contribution in [0.4, 0.5) is 0 Å². The SMILES string of the molecule is CC(=O)CC(=O)NCCS(C)=O. The van der Waals surface area contributed by atoms with E-state index in [9.17, 15) is 13.8 Å². The third-order valence-electron chi connectivity index (χ3n) is 1.12. The van der Waals surface area contributed by atoms with Crippen LogP contribution in [0.5, 0.6) is 0 Å². The number of rotatable bonds is 5. The molecule has 1 unspecified atom stereocenters. The Labute approximate surface area is 74.2 Å². The van der Waals surface area contributed by atoms with Crippen LogP contribution in [-0.2, 0) is 20.4 Å². The van der Waals surface area contributed by atoms with Crippen molar-refractivity contribution >= 4 is 22.5 Å². The number of carbonyl (C=O) groups excluding carboxylic acids is 2. The van der Waals surface area contributed by atoms with Crippen molar-refractivity contribution in [2.24, 2.45) is 0 Å². The number of Topliss-reactive ketones (excluding diaryl/α,β-unsaturated/α-hetero) is 1. The Hall–Kier alpha value is -0.710. The summed E-state index contributed by atoms with van der Waals surface area (Å²) < 4.78 is 10.5. The van der Waals surface area contributed by atoms with Crippen molar-refractivity contribution in [3.63, 3.8) is 0 Å². The zero-order valence-corrected chi connectivity index (χ0v) is 8.07. The Morgan fingerprint density at radius 3 is 2.42 bits per heavy atom. The van der Waals surface area contributed by atoms with Crippen LogP contribution in [0, 0.1) is 0 Å². The second-order valence-corrected chi connectivity index (χ2v) is 4.06. The summed E-state index contributed by atoms with van der Waals surface area (Å²) in [5, 5.41) is 2.49. The van der Waals surface area contributed by atoms with Gasteiger partial charge in [0.1, 0.15) is 5.78 Å². The van der Waals surface area contributed by atoms with Gasteiger partial charge >= 0.3 is 0 Å². The van der Waals surface area contributed by atoms with E-state index in [1.54, 1.807) is 6.26 Å². The molecule has 1 N–H and O–H groups in total. The number of nitrogens with one attached hydrogen (secondary N) is 1. The van der Waals surface area contributed by atoms with Crippen molar-refractivity contribution in [1.29, 1.82) is 0 Å². The standard InChI is InChI=1S/C7H13NO3S/c1-6(9)5-7(10)8-3-4-12(2)11/h3-5H2,1-2H3,(H,8,10). The Morgan fingerprint density at radius 1 is 1.42 bits per heavy atom. The monoisotopic (exact) mass is 191 g/mol. The molecule has 0 aliphatic carbocycles. The number of amides is 1. The highest BCUT2D eigenvalue weighted by atomic mass is 32.2. The minimum atomic E-state index is -0.894. The molecule has 70 valence electrons. The van der Waals surface area contributed by atoms with Gasteiger partial charge in [0.05, 0.1) is 6.42 Å². The van der Waals surface area contributed by atoms with E-state index in [1.165, 1.54) is 6.92 Å². The normalized spacial score (nSPS) is 12.2.